The summed E-state index contributed by atoms with van der Waals surface area (Å²) in [4.78, 5) is 16.8. The minimum absolute atomic E-state index is 0.267. The minimum atomic E-state index is -0.267. The Kier molecular flexibility index (Phi) is 3.84. The van der Waals surface area contributed by atoms with Crippen molar-refractivity contribution in [3.05, 3.63) is 47.2 Å². The van der Waals surface area contributed by atoms with Crippen LogP contribution in [-0.2, 0) is 4.74 Å². The fourth-order valence-corrected chi connectivity index (χ4v) is 2.57. The standard InChI is InChI=1S/C18H20N2O2/c1-4-5-8-22-18(21)14-10-17-19-15-7-6-12(2)9-16(15)20(17)11-13(14)3/h6-7,9-11H,4-5,8H2,1-3H3. The minimum Gasteiger partial charge on any atom is -0.462 e. The van der Waals surface area contributed by atoms with Crippen molar-refractivity contribution in [2.24, 2.45) is 0 Å². The van der Waals surface area contributed by atoms with E-state index in [1.807, 2.05) is 35.7 Å². The molecule has 0 bridgehead atoms. The van der Waals surface area contributed by atoms with Crippen LogP contribution in [0.4, 0.5) is 0 Å². The van der Waals surface area contributed by atoms with Gasteiger partial charge in [0.05, 0.1) is 23.2 Å². The molecule has 0 aliphatic rings. The van der Waals surface area contributed by atoms with Crippen LogP contribution in [0, 0.1) is 13.8 Å². The van der Waals surface area contributed by atoms with Gasteiger partial charge in [-0.2, -0.15) is 0 Å². The number of aryl methyl sites for hydroxylation is 2. The third kappa shape index (κ3) is 2.56. The van der Waals surface area contributed by atoms with Crippen molar-refractivity contribution in [3.63, 3.8) is 0 Å². The van der Waals surface area contributed by atoms with Crippen molar-refractivity contribution in [1.29, 1.82) is 0 Å². The average molecular weight is 296 g/mol. The van der Waals surface area contributed by atoms with Gasteiger partial charge < -0.3 is 4.74 Å². The number of ether oxygens (including phenoxy) is 1. The van der Waals surface area contributed by atoms with Crippen molar-refractivity contribution < 1.29 is 9.53 Å². The third-order valence-corrected chi connectivity index (χ3v) is 3.84. The molecule has 0 fully saturated rings. The van der Waals surface area contributed by atoms with E-state index in [0.29, 0.717) is 12.2 Å². The van der Waals surface area contributed by atoms with Gasteiger partial charge in [-0.1, -0.05) is 19.4 Å². The molecule has 2 aromatic heterocycles. The van der Waals surface area contributed by atoms with E-state index in [9.17, 15) is 4.79 Å². The summed E-state index contributed by atoms with van der Waals surface area (Å²) in [7, 11) is 0. The maximum Gasteiger partial charge on any atom is 0.338 e. The molecule has 0 aliphatic heterocycles. The van der Waals surface area contributed by atoms with E-state index in [1.54, 1.807) is 0 Å². The molecule has 4 heteroatoms. The highest BCUT2D eigenvalue weighted by Crippen LogP contribution is 2.21. The number of unbranched alkanes of at least 4 members (excludes halogenated alkanes) is 1. The molecule has 0 unspecified atom stereocenters. The quantitative estimate of drug-likeness (QED) is 0.538. The predicted molar refractivity (Wildman–Crippen MR) is 87.4 cm³/mol. The maximum atomic E-state index is 12.2. The van der Waals surface area contributed by atoms with Gasteiger partial charge in [0, 0.05) is 6.20 Å². The molecule has 0 saturated heterocycles. The molecule has 2 heterocycles. The van der Waals surface area contributed by atoms with Crippen molar-refractivity contribution in [1.82, 2.24) is 9.38 Å². The van der Waals surface area contributed by atoms with Gasteiger partial charge in [-0.05, 0) is 49.6 Å². The van der Waals surface area contributed by atoms with Crippen LogP contribution < -0.4 is 0 Å². The first-order valence-corrected chi connectivity index (χ1v) is 7.66. The van der Waals surface area contributed by atoms with E-state index >= 15 is 0 Å². The van der Waals surface area contributed by atoms with Gasteiger partial charge in [0.15, 0.2) is 0 Å². The number of esters is 1. The van der Waals surface area contributed by atoms with Crippen molar-refractivity contribution in [2.75, 3.05) is 6.61 Å². The van der Waals surface area contributed by atoms with Crippen LogP contribution >= 0.6 is 0 Å². The van der Waals surface area contributed by atoms with Crippen LogP contribution in [0.25, 0.3) is 16.7 Å². The number of hydrogen-bond acceptors (Lipinski definition) is 3. The second-order valence-electron chi connectivity index (χ2n) is 5.69. The van der Waals surface area contributed by atoms with E-state index < -0.39 is 0 Å². The van der Waals surface area contributed by atoms with E-state index in [2.05, 4.69) is 24.9 Å². The zero-order valence-corrected chi connectivity index (χ0v) is 13.2. The van der Waals surface area contributed by atoms with Crippen LogP contribution in [-0.4, -0.2) is 22.0 Å². The van der Waals surface area contributed by atoms with E-state index in [1.165, 1.54) is 5.56 Å². The first-order chi connectivity index (χ1) is 10.6. The number of carbonyl (C=O) groups excluding carboxylic acids is 1. The third-order valence-electron chi connectivity index (χ3n) is 3.84. The normalized spacial score (nSPS) is 11.2. The zero-order valence-electron chi connectivity index (χ0n) is 13.2. The van der Waals surface area contributed by atoms with Gasteiger partial charge in [0.1, 0.15) is 5.65 Å². The second kappa shape index (κ2) is 5.79. The highest BCUT2D eigenvalue weighted by atomic mass is 16.5. The number of hydrogen-bond donors (Lipinski definition) is 0. The smallest absolute Gasteiger partial charge is 0.338 e. The monoisotopic (exact) mass is 296 g/mol. The number of imidazole rings is 1. The van der Waals surface area contributed by atoms with Gasteiger partial charge in [-0.15, -0.1) is 0 Å². The van der Waals surface area contributed by atoms with Crippen LogP contribution in [0.15, 0.2) is 30.5 Å². The summed E-state index contributed by atoms with van der Waals surface area (Å²) in [6.45, 7) is 6.53. The Morgan fingerprint density at radius 3 is 2.86 bits per heavy atom. The number of nitrogens with zero attached hydrogens (tertiary/aromatic N) is 2. The molecule has 1 aromatic carbocycles. The Morgan fingerprint density at radius 2 is 2.09 bits per heavy atom. The first kappa shape index (κ1) is 14.6. The molecule has 3 rings (SSSR count). The number of aromatic nitrogens is 2. The number of fused-ring (bicyclic) bond motifs is 3. The lowest BCUT2D eigenvalue weighted by atomic mass is 10.1. The van der Waals surface area contributed by atoms with Gasteiger partial charge >= 0.3 is 5.97 Å². The number of benzene rings is 1. The molecule has 0 saturated carbocycles. The average Bonchev–Trinajstić information content (AvgIpc) is 2.83. The molecule has 0 spiro atoms. The lowest BCUT2D eigenvalue weighted by molar-refractivity contribution is 0.0499. The molecule has 114 valence electrons. The summed E-state index contributed by atoms with van der Waals surface area (Å²) in [5, 5.41) is 0. The van der Waals surface area contributed by atoms with Crippen LogP contribution in [0.5, 0.6) is 0 Å². The Bertz CT molecular complexity index is 849. The Labute approximate surface area is 129 Å². The summed E-state index contributed by atoms with van der Waals surface area (Å²) in [6.07, 6.45) is 3.86. The van der Waals surface area contributed by atoms with E-state index in [4.69, 9.17) is 4.74 Å². The SMILES string of the molecule is CCCCOC(=O)c1cc2nc3ccc(C)cc3n2cc1C. The van der Waals surface area contributed by atoms with Gasteiger partial charge in [0.2, 0.25) is 0 Å². The lowest BCUT2D eigenvalue weighted by Crippen LogP contribution is -2.09. The summed E-state index contributed by atoms with van der Waals surface area (Å²) in [6, 6.07) is 7.97. The molecular formula is C18H20N2O2. The summed E-state index contributed by atoms with van der Waals surface area (Å²) in [5.41, 5.74) is 5.44. The highest BCUT2D eigenvalue weighted by Gasteiger charge is 2.14. The number of rotatable bonds is 4. The molecule has 4 nitrogen and oxygen atoms in total. The largest absolute Gasteiger partial charge is 0.462 e. The van der Waals surface area contributed by atoms with Crippen LogP contribution in [0.2, 0.25) is 0 Å². The predicted octanol–water partition coefficient (Wildman–Crippen LogP) is 4.06. The first-order valence-electron chi connectivity index (χ1n) is 7.66. The van der Waals surface area contributed by atoms with Gasteiger partial charge in [-0.25, -0.2) is 9.78 Å². The van der Waals surface area contributed by atoms with Gasteiger partial charge in [0.25, 0.3) is 0 Å². The molecule has 0 aliphatic carbocycles. The summed E-state index contributed by atoms with van der Waals surface area (Å²) in [5.74, 6) is -0.267. The van der Waals surface area contributed by atoms with Crippen LogP contribution in [0.1, 0.15) is 41.3 Å². The molecule has 22 heavy (non-hydrogen) atoms. The van der Waals surface area contributed by atoms with Crippen molar-refractivity contribution >= 4 is 22.6 Å². The Hall–Kier alpha value is -2.36. The molecule has 0 amide bonds. The Balaban J connectivity index is 2.05. The molecule has 0 N–H and O–H groups in total. The molecule has 3 aromatic rings. The lowest BCUT2D eigenvalue weighted by Gasteiger charge is -2.07. The van der Waals surface area contributed by atoms with Crippen LogP contribution in [0.3, 0.4) is 0 Å². The fraction of sp³-hybridized carbons (Fsp3) is 0.333. The molecule has 0 atom stereocenters. The topological polar surface area (TPSA) is 43.6 Å². The van der Waals surface area contributed by atoms with Crippen molar-refractivity contribution in [2.45, 2.75) is 33.6 Å². The van der Waals surface area contributed by atoms with E-state index in [0.717, 1.165) is 35.1 Å². The van der Waals surface area contributed by atoms with Gasteiger partial charge in [-0.3, -0.25) is 4.40 Å². The zero-order chi connectivity index (χ0) is 15.7. The number of carbonyl (C=O) groups is 1. The fourth-order valence-electron chi connectivity index (χ4n) is 2.57. The number of pyridine rings is 1. The summed E-state index contributed by atoms with van der Waals surface area (Å²) >= 11 is 0. The molecule has 0 radical (unpaired) electrons. The highest BCUT2D eigenvalue weighted by molar-refractivity contribution is 5.93. The van der Waals surface area contributed by atoms with E-state index in [-0.39, 0.29) is 5.97 Å². The second-order valence-corrected chi connectivity index (χ2v) is 5.69. The van der Waals surface area contributed by atoms with Crippen molar-refractivity contribution in [3.8, 4) is 0 Å². The molecular weight excluding hydrogens is 276 g/mol. The Morgan fingerprint density at radius 1 is 1.27 bits per heavy atom. The summed E-state index contributed by atoms with van der Waals surface area (Å²) < 4.78 is 7.34. The maximum absolute atomic E-state index is 12.2.